The standard InChI is InChI=1S/C12H16O3/c1-2-11(13)15-14-8-7-12-5-3-10(9-12)4-6-12/h2-3,5,10H,1,4,6-9H2. The molecule has 2 unspecified atom stereocenters. The van der Waals surface area contributed by atoms with Crippen molar-refractivity contribution >= 4 is 5.97 Å². The Morgan fingerprint density at radius 3 is 3.07 bits per heavy atom. The van der Waals surface area contributed by atoms with Crippen LogP contribution in [0.2, 0.25) is 0 Å². The van der Waals surface area contributed by atoms with Crippen LogP contribution in [0.5, 0.6) is 0 Å². The van der Waals surface area contributed by atoms with Crippen LogP contribution in [-0.2, 0) is 14.6 Å². The van der Waals surface area contributed by atoms with Crippen LogP contribution in [0.15, 0.2) is 24.8 Å². The smallest absolute Gasteiger partial charge is 0.294 e. The molecule has 2 aliphatic rings. The molecule has 2 atom stereocenters. The number of rotatable bonds is 5. The molecular formula is C12H16O3. The van der Waals surface area contributed by atoms with Gasteiger partial charge < -0.3 is 0 Å². The summed E-state index contributed by atoms with van der Waals surface area (Å²) in [5.74, 6) is 0.250. The second-order valence-corrected chi connectivity index (χ2v) is 4.40. The Hall–Kier alpha value is -1.09. The lowest BCUT2D eigenvalue weighted by molar-refractivity contribution is -0.269. The van der Waals surface area contributed by atoms with Crippen LogP contribution in [0.25, 0.3) is 0 Å². The van der Waals surface area contributed by atoms with E-state index in [-0.39, 0.29) is 0 Å². The van der Waals surface area contributed by atoms with Crippen LogP contribution in [0.4, 0.5) is 0 Å². The predicted octanol–water partition coefficient (Wildman–Crippen LogP) is 2.39. The summed E-state index contributed by atoms with van der Waals surface area (Å²) in [5, 5.41) is 0. The zero-order valence-corrected chi connectivity index (χ0v) is 8.78. The summed E-state index contributed by atoms with van der Waals surface area (Å²) in [6.07, 6.45) is 10.4. The molecule has 0 heterocycles. The van der Waals surface area contributed by atoms with E-state index in [0.29, 0.717) is 12.0 Å². The molecule has 0 radical (unpaired) electrons. The number of hydrogen-bond donors (Lipinski definition) is 0. The van der Waals surface area contributed by atoms with Gasteiger partial charge in [-0.2, -0.15) is 4.89 Å². The van der Waals surface area contributed by atoms with Crippen molar-refractivity contribution in [1.29, 1.82) is 0 Å². The van der Waals surface area contributed by atoms with Gasteiger partial charge in [-0.15, -0.1) is 0 Å². The average molecular weight is 208 g/mol. The fourth-order valence-corrected chi connectivity index (χ4v) is 2.54. The van der Waals surface area contributed by atoms with E-state index in [1.165, 1.54) is 19.3 Å². The molecule has 2 bridgehead atoms. The molecule has 1 fully saturated rings. The van der Waals surface area contributed by atoms with Crippen molar-refractivity contribution in [2.75, 3.05) is 6.61 Å². The normalized spacial score (nSPS) is 31.9. The number of carbonyl (C=O) groups is 1. The molecule has 15 heavy (non-hydrogen) atoms. The lowest BCUT2D eigenvalue weighted by Gasteiger charge is -2.22. The first-order valence-corrected chi connectivity index (χ1v) is 5.39. The summed E-state index contributed by atoms with van der Waals surface area (Å²) in [4.78, 5) is 20.0. The number of fused-ring (bicyclic) bond motifs is 2. The average Bonchev–Trinajstić information content (AvgIpc) is 2.84. The second-order valence-electron chi connectivity index (χ2n) is 4.40. The van der Waals surface area contributed by atoms with Crippen molar-refractivity contribution in [3.05, 3.63) is 24.8 Å². The van der Waals surface area contributed by atoms with Gasteiger partial charge >= 0.3 is 5.97 Å². The molecule has 0 aromatic carbocycles. The van der Waals surface area contributed by atoms with Crippen LogP contribution in [0.3, 0.4) is 0 Å². The molecule has 2 aliphatic carbocycles. The summed E-state index contributed by atoms with van der Waals surface area (Å²) in [5.41, 5.74) is 0.325. The zero-order chi connectivity index (χ0) is 10.7. The molecule has 1 saturated carbocycles. The van der Waals surface area contributed by atoms with Gasteiger partial charge in [-0.05, 0) is 37.0 Å². The van der Waals surface area contributed by atoms with E-state index in [1.54, 1.807) is 0 Å². The van der Waals surface area contributed by atoms with E-state index in [9.17, 15) is 4.79 Å². The lowest BCUT2D eigenvalue weighted by Crippen LogP contribution is -2.15. The first kappa shape index (κ1) is 10.4. The minimum atomic E-state index is -0.529. The SMILES string of the molecule is C=CC(=O)OOCCC12C=CC(CC1)C2. The molecule has 0 amide bonds. The van der Waals surface area contributed by atoms with E-state index in [4.69, 9.17) is 4.89 Å². The maximum atomic E-state index is 10.7. The largest absolute Gasteiger partial charge is 0.365 e. The van der Waals surface area contributed by atoms with Crippen molar-refractivity contribution < 1.29 is 14.6 Å². The van der Waals surface area contributed by atoms with Gasteiger partial charge in [-0.25, -0.2) is 4.79 Å². The van der Waals surface area contributed by atoms with E-state index in [1.807, 2.05) is 0 Å². The zero-order valence-electron chi connectivity index (χ0n) is 8.78. The Morgan fingerprint density at radius 1 is 1.67 bits per heavy atom. The first-order chi connectivity index (χ1) is 7.24. The van der Waals surface area contributed by atoms with Crippen molar-refractivity contribution in [3.8, 4) is 0 Å². The van der Waals surface area contributed by atoms with E-state index < -0.39 is 5.97 Å². The molecule has 3 nitrogen and oxygen atoms in total. The first-order valence-electron chi connectivity index (χ1n) is 5.39. The van der Waals surface area contributed by atoms with Crippen LogP contribution in [-0.4, -0.2) is 12.6 Å². The van der Waals surface area contributed by atoms with Crippen LogP contribution < -0.4 is 0 Å². The summed E-state index contributed by atoms with van der Waals surface area (Å²) < 4.78 is 0. The van der Waals surface area contributed by atoms with Gasteiger partial charge in [-0.3, -0.25) is 4.89 Å². The Labute approximate surface area is 89.7 Å². The van der Waals surface area contributed by atoms with Gasteiger partial charge in [0.05, 0.1) is 6.61 Å². The highest BCUT2D eigenvalue weighted by atomic mass is 17.2. The van der Waals surface area contributed by atoms with Gasteiger partial charge in [0.25, 0.3) is 0 Å². The van der Waals surface area contributed by atoms with Crippen molar-refractivity contribution in [2.45, 2.75) is 25.7 Å². The maximum absolute atomic E-state index is 10.7. The molecule has 3 heteroatoms. The van der Waals surface area contributed by atoms with Crippen molar-refractivity contribution in [3.63, 3.8) is 0 Å². The molecular weight excluding hydrogens is 192 g/mol. The quantitative estimate of drug-likeness (QED) is 0.229. The number of hydrogen-bond acceptors (Lipinski definition) is 3. The number of allylic oxidation sites excluding steroid dienone is 2. The summed E-state index contributed by atoms with van der Waals surface area (Å²) in [6, 6.07) is 0. The third kappa shape index (κ3) is 2.29. The molecule has 0 aromatic rings. The highest BCUT2D eigenvalue weighted by molar-refractivity contribution is 5.80. The third-order valence-electron chi connectivity index (χ3n) is 3.39. The minimum Gasteiger partial charge on any atom is -0.294 e. The molecule has 0 saturated heterocycles. The van der Waals surface area contributed by atoms with Crippen molar-refractivity contribution in [2.24, 2.45) is 11.3 Å². The van der Waals surface area contributed by atoms with Gasteiger partial charge in [0.2, 0.25) is 0 Å². The Balaban J connectivity index is 1.68. The summed E-state index contributed by atoms with van der Waals surface area (Å²) in [7, 11) is 0. The predicted molar refractivity (Wildman–Crippen MR) is 55.8 cm³/mol. The second kappa shape index (κ2) is 4.19. The van der Waals surface area contributed by atoms with Gasteiger partial charge in [0.1, 0.15) is 0 Å². The molecule has 2 rings (SSSR count). The highest BCUT2D eigenvalue weighted by Gasteiger charge is 2.40. The van der Waals surface area contributed by atoms with Crippen LogP contribution in [0.1, 0.15) is 25.7 Å². The van der Waals surface area contributed by atoms with E-state index in [0.717, 1.165) is 18.4 Å². The summed E-state index contributed by atoms with van der Waals surface area (Å²) in [6.45, 7) is 3.76. The van der Waals surface area contributed by atoms with E-state index >= 15 is 0 Å². The highest BCUT2D eigenvalue weighted by Crippen LogP contribution is 2.51. The van der Waals surface area contributed by atoms with Crippen molar-refractivity contribution in [1.82, 2.24) is 0 Å². The Kier molecular flexibility index (Phi) is 2.91. The molecule has 82 valence electrons. The van der Waals surface area contributed by atoms with Crippen LogP contribution in [0, 0.1) is 11.3 Å². The Morgan fingerprint density at radius 2 is 2.53 bits per heavy atom. The Bertz CT molecular complexity index is 295. The fraction of sp³-hybridized carbons (Fsp3) is 0.583. The lowest BCUT2D eigenvalue weighted by atomic mass is 9.85. The number of carbonyl (C=O) groups excluding carboxylic acids is 1. The van der Waals surface area contributed by atoms with Gasteiger partial charge in [0.15, 0.2) is 0 Å². The minimum absolute atomic E-state index is 0.325. The third-order valence-corrected chi connectivity index (χ3v) is 3.39. The van der Waals surface area contributed by atoms with E-state index in [2.05, 4.69) is 23.6 Å². The molecule has 0 spiro atoms. The fourth-order valence-electron chi connectivity index (χ4n) is 2.54. The van der Waals surface area contributed by atoms with Gasteiger partial charge in [-0.1, -0.05) is 18.7 Å². The molecule has 0 N–H and O–H groups in total. The monoisotopic (exact) mass is 208 g/mol. The van der Waals surface area contributed by atoms with Gasteiger partial charge in [0, 0.05) is 6.08 Å². The molecule has 0 aromatic heterocycles. The summed E-state index contributed by atoms with van der Waals surface area (Å²) >= 11 is 0. The van der Waals surface area contributed by atoms with Crippen LogP contribution >= 0.6 is 0 Å². The topological polar surface area (TPSA) is 35.5 Å². The molecule has 0 aliphatic heterocycles. The maximum Gasteiger partial charge on any atom is 0.365 e.